The van der Waals surface area contributed by atoms with Crippen LogP contribution in [-0.2, 0) is 21.1 Å². The molecule has 0 unspecified atom stereocenters. The molecule has 0 aliphatic carbocycles. The summed E-state index contributed by atoms with van der Waals surface area (Å²) < 4.78 is 8.22. The summed E-state index contributed by atoms with van der Waals surface area (Å²) in [6, 6.07) is 42.3. The molecule has 0 fully saturated rings. The fraction of sp³-hybridized carbons (Fsp3) is 0.158. The second-order valence-electron chi connectivity index (χ2n) is 11.4. The number of hydrogen-bond acceptors (Lipinski definition) is 3. The molecule has 0 atom stereocenters. The first-order chi connectivity index (χ1) is 21.0. The van der Waals surface area contributed by atoms with Crippen molar-refractivity contribution in [1.29, 1.82) is 0 Å². The topological polar surface area (TPSA) is 39.9 Å². The van der Waals surface area contributed by atoms with Gasteiger partial charge in [0.05, 0.1) is 12.0 Å². The van der Waals surface area contributed by atoms with E-state index in [-0.39, 0.29) is 27.8 Å². The van der Waals surface area contributed by atoms with Crippen LogP contribution in [0.2, 0.25) is 0 Å². The summed E-state index contributed by atoms with van der Waals surface area (Å²) in [5.41, 5.74) is 8.88. The van der Waals surface area contributed by atoms with E-state index in [0.29, 0.717) is 23.5 Å². The van der Waals surface area contributed by atoms with Crippen LogP contribution < -0.4 is 21.1 Å². The Hall–Kier alpha value is -4.21. The van der Waals surface area contributed by atoms with Crippen LogP contribution in [0.15, 0.2) is 122 Å². The van der Waals surface area contributed by atoms with Gasteiger partial charge in [-0.25, -0.2) is 4.98 Å². The molecular formula is C38H34BN3OPt. The van der Waals surface area contributed by atoms with Crippen LogP contribution in [-0.4, -0.2) is 21.2 Å². The molecule has 4 nitrogen and oxygen atoms in total. The summed E-state index contributed by atoms with van der Waals surface area (Å²) in [4.78, 5) is 9.17. The molecule has 44 heavy (non-hydrogen) atoms. The first-order valence-electron chi connectivity index (χ1n) is 14.8. The van der Waals surface area contributed by atoms with Crippen molar-refractivity contribution >= 4 is 23.1 Å². The number of aromatic nitrogens is 3. The van der Waals surface area contributed by atoms with Gasteiger partial charge in [0.15, 0.2) is 6.71 Å². The van der Waals surface area contributed by atoms with Crippen molar-refractivity contribution in [3.05, 3.63) is 145 Å². The minimum atomic E-state index is -0.0928. The second-order valence-corrected chi connectivity index (χ2v) is 11.4. The second kappa shape index (κ2) is 14.1. The van der Waals surface area contributed by atoms with Crippen molar-refractivity contribution in [2.75, 3.05) is 0 Å². The molecule has 4 aromatic carbocycles. The molecule has 0 aliphatic rings. The van der Waals surface area contributed by atoms with Gasteiger partial charge < -0.3 is 9.30 Å². The Kier molecular flexibility index (Phi) is 9.97. The van der Waals surface area contributed by atoms with E-state index in [1.54, 1.807) is 6.20 Å². The van der Waals surface area contributed by atoms with Crippen LogP contribution >= 0.6 is 0 Å². The van der Waals surface area contributed by atoms with E-state index in [4.69, 9.17) is 9.72 Å². The zero-order valence-corrected chi connectivity index (χ0v) is 27.6. The maximum atomic E-state index is 6.04. The van der Waals surface area contributed by atoms with Crippen LogP contribution in [0.3, 0.4) is 0 Å². The quantitative estimate of drug-likeness (QED) is 0.117. The summed E-state index contributed by atoms with van der Waals surface area (Å²) >= 11 is 0. The van der Waals surface area contributed by atoms with Gasteiger partial charge in [-0.3, -0.25) is 4.98 Å². The predicted molar refractivity (Wildman–Crippen MR) is 177 cm³/mol. The molecule has 220 valence electrons. The molecule has 0 spiro atoms. The molecule has 0 saturated heterocycles. The van der Waals surface area contributed by atoms with Gasteiger partial charge in [0.2, 0.25) is 5.88 Å². The van der Waals surface area contributed by atoms with E-state index >= 15 is 0 Å². The SMILES string of the molecule is CC(C)c1cccc(C(C)C)c1-n1cnc(-c2[c-]c(B(c3[c-]c(Oc4ccccn4)ccc3)c3ccccc3)ccc2)c1.[Pt+2]. The van der Waals surface area contributed by atoms with Crippen LogP contribution in [0.4, 0.5) is 0 Å². The Morgan fingerprint density at radius 3 is 2.02 bits per heavy atom. The van der Waals surface area contributed by atoms with E-state index in [2.05, 4.69) is 122 Å². The van der Waals surface area contributed by atoms with Gasteiger partial charge in [0.25, 0.3) is 0 Å². The Labute approximate surface area is 275 Å². The maximum absolute atomic E-state index is 6.04. The molecule has 2 aromatic heterocycles. The van der Waals surface area contributed by atoms with Gasteiger partial charge in [-0.2, -0.15) is 23.1 Å². The third-order valence-corrected chi connectivity index (χ3v) is 7.67. The standard InChI is InChI=1S/C38H34BN3O.Pt/c1-27(2)34-19-12-20-35(28(3)4)38(34)42-25-36(41-26-42)29-13-10-16-31(23-29)39(30-14-6-5-7-15-30)32-17-11-18-33(24-32)43-37-21-8-9-22-40-37;/h5-22,25-28H,1-4H3;/q-2;+2. The predicted octanol–water partition coefficient (Wildman–Crippen LogP) is 7.09. The smallest absolute Gasteiger partial charge is 0.466 e. The van der Waals surface area contributed by atoms with E-state index in [9.17, 15) is 0 Å². The largest absolute Gasteiger partial charge is 2.00 e. The van der Waals surface area contributed by atoms with Crippen LogP contribution in [0.1, 0.15) is 50.7 Å². The third kappa shape index (κ3) is 6.79. The summed E-state index contributed by atoms with van der Waals surface area (Å²) in [6.07, 6.45) is 5.79. The first-order valence-corrected chi connectivity index (χ1v) is 14.8. The fourth-order valence-electron chi connectivity index (χ4n) is 5.58. The van der Waals surface area contributed by atoms with Crippen LogP contribution in [0, 0.1) is 12.1 Å². The van der Waals surface area contributed by atoms with Gasteiger partial charge in [0.1, 0.15) is 0 Å². The monoisotopic (exact) mass is 754 g/mol. The summed E-state index contributed by atoms with van der Waals surface area (Å²) in [5, 5.41) is 0. The van der Waals surface area contributed by atoms with Gasteiger partial charge in [-0.1, -0.05) is 87.8 Å². The average molecular weight is 755 g/mol. The molecule has 0 amide bonds. The Bertz CT molecular complexity index is 1790. The molecule has 2 heterocycles. The molecule has 0 N–H and O–H groups in total. The third-order valence-electron chi connectivity index (χ3n) is 7.67. The van der Waals surface area contributed by atoms with Gasteiger partial charge in [-0.15, -0.1) is 42.0 Å². The van der Waals surface area contributed by atoms with Crippen molar-refractivity contribution in [3.63, 3.8) is 0 Å². The van der Waals surface area contributed by atoms with E-state index in [0.717, 1.165) is 27.6 Å². The number of hydrogen-bond donors (Lipinski definition) is 0. The molecule has 0 saturated carbocycles. The van der Waals surface area contributed by atoms with Crippen molar-refractivity contribution in [2.24, 2.45) is 0 Å². The van der Waals surface area contributed by atoms with Gasteiger partial charge in [-0.05, 0) is 35.2 Å². The zero-order valence-electron chi connectivity index (χ0n) is 25.3. The van der Waals surface area contributed by atoms with E-state index < -0.39 is 0 Å². The molecule has 0 bridgehead atoms. The molecule has 0 radical (unpaired) electrons. The van der Waals surface area contributed by atoms with Crippen molar-refractivity contribution in [3.8, 4) is 28.6 Å². The van der Waals surface area contributed by atoms with Crippen molar-refractivity contribution < 1.29 is 25.8 Å². The average Bonchev–Trinajstić information content (AvgIpc) is 3.52. The normalized spacial score (nSPS) is 11.0. The number of pyridine rings is 1. The first kappa shape index (κ1) is 31.2. The number of para-hydroxylation sites is 1. The molecule has 0 aliphatic heterocycles. The minimum Gasteiger partial charge on any atom is -0.466 e. The van der Waals surface area contributed by atoms with Gasteiger partial charge in [0, 0.05) is 23.7 Å². The summed E-state index contributed by atoms with van der Waals surface area (Å²) in [5.74, 6) is 1.96. The Morgan fingerprint density at radius 1 is 0.682 bits per heavy atom. The van der Waals surface area contributed by atoms with Gasteiger partial charge >= 0.3 is 21.1 Å². The minimum absolute atomic E-state index is 0. The molecule has 6 aromatic rings. The fourth-order valence-corrected chi connectivity index (χ4v) is 5.58. The summed E-state index contributed by atoms with van der Waals surface area (Å²) in [6.45, 7) is 8.89. The number of rotatable bonds is 9. The molecular weight excluding hydrogens is 720 g/mol. The number of nitrogens with zero attached hydrogens (tertiary/aromatic N) is 3. The zero-order chi connectivity index (χ0) is 29.8. The van der Waals surface area contributed by atoms with Crippen LogP contribution in [0.5, 0.6) is 11.6 Å². The Balaban J connectivity index is 0.00000384. The van der Waals surface area contributed by atoms with Crippen LogP contribution in [0.25, 0.3) is 16.9 Å². The molecule has 6 rings (SSSR count). The van der Waals surface area contributed by atoms with Crippen molar-refractivity contribution in [2.45, 2.75) is 39.5 Å². The molecule has 6 heteroatoms. The maximum Gasteiger partial charge on any atom is 2.00 e. The summed E-state index contributed by atoms with van der Waals surface area (Å²) in [7, 11) is 0. The van der Waals surface area contributed by atoms with Crippen molar-refractivity contribution in [1.82, 2.24) is 14.5 Å². The Morgan fingerprint density at radius 2 is 1.34 bits per heavy atom. The number of imidazole rings is 1. The number of benzene rings is 4. The van der Waals surface area contributed by atoms with E-state index in [1.807, 2.05) is 42.7 Å². The number of ether oxygens (including phenoxy) is 1. The van der Waals surface area contributed by atoms with E-state index in [1.165, 1.54) is 16.8 Å².